The van der Waals surface area contributed by atoms with Crippen molar-refractivity contribution >= 4 is 17.5 Å². The van der Waals surface area contributed by atoms with Crippen LogP contribution in [0.4, 0.5) is 0 Å². The van der Waals surface area contributed by atoms with Crippen LogP contribution in [-0.2, 0) is 6.54 Å². The van der Waals surface area contributed by atoms with E-state index >= 15 is 0 Å². The molecule has 1 fully saturated rings. The van der Waals surface area contributed by atoms with E-state index in [1.165, 1.54) is 0 Å². The maximum Gasteiger partial charge on any atom is 0.274 e. The van der Waals surface area contributed by atoms with Gasteiger partial charge in [0.15, 0.2) is 11.5 Å². The second kappa shape index (κ2) is 8.64. The lowest BCUT2D eigenvalue weighted by Gasteiger charge is -2.33. The number of halogens is 1. The quantitative estimate of drug-likeness (QED) is 0.455. The number of amides is 1. The highest BCUT2D eigenvalue weighted by atomic mass is 35.5. The van der Waals surface area contributed by atoms with Crippen LogP contribution in [0.3, 0.4) is 0 Å². The summed E-state index contributed by atoms with van der Waals surface area (Å²) in [6.45, 7) is 5.38. The van der Waals surface area contributed by atoms with Gasteiger partial charge in [0, 0.05) is 49.9 Å². The molecule has 3 aromatic heterocycles. The Kier molecular flexibility index (Phi) is 5.55. The second-order valence-electron chi connectivity index (χ2n) is 7.78. The molecule has 1 saturated heterocycles. The first-order chi connectivity index (χ1) is 15.6. The van der Waals surface area contributed by atoms with Crippen LogP contribution >= 0.6 is 11.6 Å². The van der Waals surface area contributed by atoms with Crippen molar-refractivity contribution in [3.63, 3.8) is 0 Å². The van der Waals surface area contributed by atoms with Crippen molar-refractivity contribution < 1.29 is 13.7 Å². The van der Waals surface area contributed by atoms with E-state index in [0.29, 0.717) is 41.8 Å². The lowest BCUT2D eigenvalue weighted by Crippen LogP contribution is -2.48. The lowest BCUT2D eigenvalue weighted by molar-refractivity contribution is 0.0619. The molecule has 32 heavy (non-hydrogen) atoms. The molecular formula is C23H22ClN5O3. The molecule has 0 aliphatic carbocycles. The molecule has 4 aromatic rings. The van der Waals surface area contributed by atoms with Gasteiger partial charge in [-0.25, -0.2) is 4.68 Å². The van der Waals surface area contributed by atoms with Crippen molar-refractivity contribution in [2.75, 3.05) is 26.2 Å². The highest BCUT2D eigenvalue weighted by Crippen LogP contribution is 2.26. The van der Waals surface area contributed by atoms with Crippen molar-refractivity contribution in [2.45, 2.75) is 13.5 Å². The molecule has 4 heterocycles. The average Bonchev–Trinajstić information content (AvgIpc) is 3.55. The summed E-state index contributed by atoms with van der Waals surface area (Å²) in [5.41, 5.74) is 2.80. The van der Waals surface area contributed by atoms with E-state index < -0.39 is 0 Å². The summed E-state index contributed by atoms with van der Waals surface area (Å²) in [5, 5.41) is 9.31. The maximum absolute atomic E-state index is 13.2. The van der Waals surface area contributed by atoms with Crippen molar-refractivity contribution in [3.05, 3.63) is 77.0 Å². The molecule has 0 N–H and O–H groups in total. The topological polar surface area (TPSA) is 80.5 Å². The van der Waals surface area contributed by atoms with E-state index in [0.717, 1.165) is 30.2 Å². The molecule has 0 spiro atoms. The van der Waals surface area contributed by atoms with Crippen LogP contribution in [0.2, 0.25) is 5.02 Å². The fraction of sp³-hybridized carbons (Fsp3) is 0.261. The molecule has 164 valence electrons. The molecule has 1 aliphatic rings. The van der Waals surface area contributed by atoms with Gasteiger partial charge in [0.1, 0.15) is 11.5 Å². The summed E-state index contributed by atoms with van der Waals surface area (Å²) in [6, 6.07) is 14.7. The molecule has 0 atom stereocenters. The predicted octanol–water partition coefficient (Wildman–Crippen LogP) is 4.04. The van der Waals surface area contributed by atoms with Gasteiger partial charge in [-0.3, -0.25) is 9.69 Å². The number of rotatable bonds is 5. The van der Waals surface area contributed by atoms with Gasteiger partial charge in [-0.15, -0.1) is 0 Å². The number of nitrogens with zero attached hydrogens (tertiary/aromatic N) is 5. The minimum Gasteiger partial charge on any atom is -0.463 e. The van der Waals surface area contributed by atoms with Gasteiger partial charge in [0.05, 0.1) is 17.6 Å². The molecule has 1 aromatic carbocycles. The number of hydrogen-bond acceptors (Lipinski definition) is 6. The Morgan fingerprint density at radius 3 is 2.53 bits per heavy atom. The molecule has 0 radical (unpaired) electrons. The summed E-state index contributed by atoms with van der Waals surface area (Å²) in [6.07, 6.45) is 1.60. The van der Waals surface area contributed by atoms with Crippen LogP contribution < -0.4 is 0 Å². The number of benzene rings is 1. The lowest BCUT2D eigenvalue weighted by atomic mass is 10.2. The third kappa shape index (κ3) is 4.19. The summed E-state index contributed by atoms with van der Waals surface area (Å²) < 4.78 is 12.4. The second-order valence-corrected chi connectivity index (χ2v) is 8.21. The maximum atomic E-state index is 13.2. The molecule has 0 unspecified atom stereocenters. The fourth-order valence-corrected chi connectivity index (χ4v) is 3.98. The number of piperazine rings is 1. The average molecular weight is 452 g/mol. The Morgan fingerprint density at radius 1 is 1.09 bits per heavy atom. The minimum atomic E-state index is -0.0950. The van der Waals surface area contributed by atoms with Gasteiger partial charge >= 0.3 is 0 Å². The Hall–Kier alpha value is -3.36. The monoisotopic (exact) mass is 451 g/mol. The number of hydrogen-bond donors (Lipinski definition) is 0. The molecule has 5 rings (SSSR count). The van der Waals surface area contributed by atoms with Gasteiger partial charge < -0.3 is 13.8 Å². The van der Waals surface area contributed by atoms with E-state index in [9.17, 15) is 4.79 Å². The molecule has 1 aliphatic heterocycles. The largest absolute Gasteiger partial charge is 0.463 e. The molecular weight excluding hydrogens is 430 g/mol. The predicted molar refractivity (Wildman–Crippen MR) is 119 cm³/mol. The van der Waals surface area contributed by atoms with E-state index in [4.69, 9.17) is 20.5 Å². The van der Waals surface area contributed by atoms with Crippen molar-refractivity contribution in [2.24, 2.45) is 0 Å². The SMILES string of the molecule is Cc1cc(CN2CCN(C(=O)c3cc(-c4ccco4)n(-c4ccc(Cl)cc4)n3)CC2)no1. The highest BCUT2D eigenvalue weighted by Gasteiger charge is 2.26. The van der Waals surface area contributed by atoms with Crippen LogP contribution in [0.5, 0.6) is 0 Å². The molecule has 8 nitrogen and oxygen atoms in total. The van der Waals surface area contributed by atoms with E-state index in [-0.39, 0.29) is 5.91 Å². The summed E-state index contributed by atoms with van der Waals surface area (Å²) >= 11 is 6.04. The van der Waals surface area contributed by atoms with E-state index in [1.807, 2.05) is 42.2 Å². The van der Waals surface area contributed by atoms with E-state index in [2.05, 4.69) is 15.2 Å². The molecule has 9 heteroatoms. The van der Waals surface area contributed by atoms with Crippen molar-refractivity contribution in [1.29, 1.82) is 0 Å². The number of aryl methyl sites for hydroxylation is 1. The summed E-state index contributed by atoms with van der Waals surface area (Å²) in [4.78, 5) is 17.3. The van der Waals surface area contributed by atoms with Gasteiger partial charge in [0.2, 0.25) is 0 Å². The van der Waals surface area contributed by atoms with Crippen LogP contribution in [0.25, 0.3) is 17.1 Å². The van der Waals surface area contributed by atoms with Crippen molar-refractivity contribution in [1.82, 2.24) is 24.7 Å². The van der Waals surface area contributed by atoms with Crippen LogP contribution in [0, 0.1) is 6.92 Å². The zero-order chi connectivity index (χ0) is 22.1. The first kappa shape index (κ1) is 20.5. The van der Waals surface area contributed by atoms with Gasteiger partial charge in [0.25, 0.3) is 5.91 Å². The zero-order valence-electron chi connectivity index (χ0n) is 17.6. The number of aromatic nitrogens is 3. The standard InChI is InChI=1S/C23H22ClN5O3/c1-16-13-18(26-32-16)15-27-8-10-28(11-9-27)23(30)20-14-21(22-3-2-12-31-22)29(25-20)19-6-4-17(24)5-7-19/h2-7,12-14H,8-11,15H2,1H3. The minimum absolute atomic E-state index is 0.0950. The van der Waals surface area contributed by atoms with E-state index in [1.54, 1.807) is 29.1 Å². The Labute approximate surface area is 190 Å². The van der Waals surface area contributed by atoms with Crippen LogP contribution in [0.15, 0.2) is 63.7 Å². The van der Waals surface area contributed by atoms with Gasteiger partial charge in [-0.05, 0) is 43.3 Å². The van der Waals surface area contributed by atoms with Crippen molar-refractivity contribution in [3.8, 4) is 17.1 Å². The Morgan fingerprint density at radius 2 is 1.88 bits per heavy atom. The third-order valence-corrected chi connectivity index (χ3v) is 5.75. The molecule has 0 saturated carbocycles. The Balaban J connectivity index is 1.34. The highest BCUT2D eigenvalue weighted by molar-refractivity contribution is 6.30. The van der Waals surface area contributed by atoms with Crippen LogP contribution in [0.1, 0.15) is 21.9 Å². The Bertz CT molecular complexity index is 1200. The fourth-order valence-electron chi connectivity index (χ4n) is 3.86. The van der Waals surface area contributed by atoms with Gasteiger partial charge in [-0.1, -0.05) is 16.8 Å². The number of carbonyl (C=O) groups excluding carboxylic acids is 1. The molecule has 0 bridgehead atoms. The number of furan rings is 1. The molecule has 1 amide bonds. The first-order valence-corrected chi connectivity index (χ1v) is 10.8. The van der Waals surface area contributed by atoms with Gasteiger partial charge in [-0.2, -0.15) is 5.10 Å². The summed E-state index contributed by atoms with van der Waals surface area (Å²) in [7, 11) is 0. The first-order valence-electron chi connectivity index (χ1n) is 10.4. The number of carbonyl (C=O) groups is 1. The van der Waals surface area contributed by atoms with Crippen LogP contribution in [-0.4, -0.2) is 56.8 Å². The normalized spacial score (nSPS) is 14.8. The smallest absolute Gasteiger partial charge is 0.274 e. The summed E-state index contributed by atoms with van der Waals surface area (Å²) in [5.74, 6) is 1.35. The third-order valence-electron chi connectivity index (χ3n) is 5.50. The zero-order valence-corrected chi connectivity index (χ0v) is 18.3.